The maximum atomic E-state index is 5.62. The molecule has 0 atom stereocenters. The van der Waals surface area contributed by atoms with E-state index in [-0.39, 0.29) is 0 Å². The Kier molecular flexibility index (Phi) is 5.12. The number of nitrogens with one attached hydrogen (secondary N) is 1. The van der Waals surface area contributed by atoms with Gasteiger partial charge in [-0.15, -0.1) is 11.3 Å². The topological polar surface area (TPSA) is 89.6 Å². The lowest BCUT2D eigenvalue weighted by Crippen LogP contribution is -2.05. The highest BCUT2D eigenvalue weighted by molar-refractivity contribution is 7.09. The Morgan fingerprint density at radius 1 is 1.11 bits per heavy atom. The highest BCUT2D eigenvalue weighted by atomic mass is 32.1. The smallest absolute Gasteiger partial charge is 0.223 e. The standard InChI is InChI=1S/C20H20N6OS/c1-4-15-13(3)26-27-19(15)16-10-24-20(23-9-14-6-5-7-28-14)25-18(16)17-11-21-12(2)8-22-17/h5-8,10-11H,4,9H2,1-3H3,(H,23,24,25). The normalized spacial score (nSPS) is 11.0. The highest BCUT2D eigenvalue weighted by Crippen LogP contribution is 2.33. The molecule has 0 aliphatic heterocycles. The largest absolute Gasteiger partial charge is 0.356 e. The van der Waals surface area contributed by atoms with Crippen LogP contribution >= 0.6 is 11.3 Å². The zero-order valence-electron chi connectivity index (χ0n) is 15.9. The lowest BCUT2D eigenvalue weighted by molar-refractivity contribution is 0.426. The van der Waals surface area contributed by atoms with Crippen LogP contribution in [0.15, 0.2) is 40.6 Å². The molecule has 0 saturated heterocycles. The Morgan fingerprint density at radius 2 is 2.00 bits per heavy atom. The second kappa shape index (κ2) is 7.85. The van der Waals surface area contributed by atoms with Crippen LogP contribution in [0.2, 0.25) is 0 Å². The van der Waals surface area contributed by atoms with Gasteiger partial charge in [0.1, 0.15) is 11.4 Å². The van der Waals surface area contributed by atoms with Gasteiger partial charge in [0, 0.05) is 22.8 Å². The van der Waals surface area contributed by atoms with E-state index in [1.54, 1.807) is 29.9 Å². The van der Waals surface area contributed by atoms with Gasteiger partial charge >= 0.3 is 0 Å². The van der Waals surface area contributed by atoms with E-state index >= 15 is 0 Å². The van der Waals surface area contributed by atoms with Crippen molar-refractivity contribution in [1.29, 1.82) is 0 Å². The van der Waals surface area contributed by atoms with Crippen molar-refractivity contribution < 1.29 is 4.52 Å². The van der Waals surface area contributed by atoms with Crippen LogP contribution in [0, 0.1) is 13.8 Å². The van der Waals surface area contributed by atoms with Gasteiger partial charge in [0.15, 0.2) is 5.76 Å². The molecular formula is C20H20N6OS. The van der Waals surface area contributed by atoms with Crippen LogP contribution in [0.25, 0.3) is 22.7 Å². The Hall–Kier alpha value is -3.13. The van der Waals surface area contributed by atoms with Gasteiger partial charge in [-0.2, -0.15) is 0 Å². The average molecular weight is 392 g/mol. The molecule has 0 spiro atoms. The molecule has 1 N–H and O–H groups in total. The van der Waals surface area contributed by atoms with E-state index in [2.05, 4.69) is 38.4 Å². The van der Waals surface area contributed by atoms with Gasteiger partial charge in [-0.25, -0.2) is 9.97 Å². The molecule has 0 radical (unpaired) electrons. The second-order valence-corrected chi connectivity index (χ2v) is 7.39. The first-order chi connectivity index (χ1) is 13.7. The zero-order valence-corrected chi connectivity index (χ0v) is 16.7. The molecule has 4 rings (SSSR count). The molecule has 0 unspecified atom stereocenters. The number of thiophene rings is 1. The van der Waals surface area contributed by atoms with E-state index in [4.69, 9.17) is 9.51 Å². The summed E-state index contributed by atoms with van der Waals surface area (Å²) in [6.07, 6.45) is 6.02. The summed E-state index contributed by atoms with van der Waals surface area (Å²) in [5, 5.41) is 9.45. The fraction of sp³-hybridized carbons (Fsp3) is 0.250. The summed E-state index contributed by atoms with van der Waals surface area (Å²) < 4.78 is 5.62. The van der Waals surface area contributed by atoms with Crippen molar-refractivity contribution in [3.05, 3.63) is 57.9 Å². The zero-order chi connectivity index (χ0) is 19.5. The Labute approximate surface area is 166 Å². The van der Waals surface area contributed by atoms with Crippen LogP contribution < -0.4 is 5.32 Å². The van der Waals surface area contributed by atoms with Crippen molar-refractivity contribution in [2.24, 2.45) is 0 Å². The lowest BCUT2D eigenvalue weighted by atomic mass is 10.0. The van der Waals surface area contributed by atoms with Gasteiger partial charge < -0.3 is 9.84 Å². The van der Waals surface area contributed by atoms with Crippen LogP contribution in [0.5, 0.6) is 0 Å². The van der Waals surface area contributed by atoms with E-state index in [1.807, 2.05) is 25.3 Å². The van der Waals surface area contributed by atoms with Gasteiger partial charge in [0.2, 0.25) is 5.95 Å². The molecule has 0 aliphatic carbocycles. The number of aryl methyl sites for hydroxylation is 2. The van der Waals surface area contributed by atoms with E-state index in [9.17, 15) is 0 Å². The molecular weight excluding hydrogens is 372 g/mol. The Morgan fingerprint density at radius 3 is 2.71 bits per heavy atom. The number of nitrogens with zero attached hydrogens (tertiary/aromatic N) is 5. The van der Waals surface area contributed by atoms with Crippen LogP contribution in [0.4, 0.5) is 5.95 Å². The summed E-state index contributed by atoms with van der Waals surface area (Å²) in [6.45, 7) is 6.58. The summed E-state index contributed by atoms with van der Waals surface area (Å²) in [5.41, 5.74) is 4.86. The van der Waals surface area contributed by atoms with Gasteiger partial charge in [-0.3, -0.25) is 9.97 Å². The molecule has 0 aromatic carbocycles. The first kappa shape index (κ1) is 18.2. The van der Waals surface area contributed by atoms with Crippen molar-refractivity contribution in [2.45, 2.75) is 33.7 Å². The quantitative estimate of drug-likeness (QED) is 0.519. The van der Waals surface area contributed by atoms with Crippen LogP contribution in [-0.2, 0) is 13.0 Å². The molecule has 0 saturated carbocycles. The lowest BCUT2D eigenvalue weighted by Gasteiger charge is -2.10. The van der Waals surface area contributed by atoms with Crippen molar-refractivity contribution in [2.75, 3.05) is 5.32 Å². The van der Waals surface area contributed by atoms with E-state index in [1.165, 1.54) is 4.88 Å². The molecule has 0 aliphatic rings. The summed E-state index contributed by atoms with van der Waals surface area (Å²) in [7, 11) is 0. The summed E-state index contributed by atoms with van der Waals surface area (Å²) in [5.74, 6) is 1.21. The number of hydrogen-bond donors (Lipinski definition) is 1. The molecule has 7 nitrogen and oxygen atoms in total. The summed E-state index contributed by atoms with van der Waals surface area (Å²) in [6, 6.07) is 4.10. The van der Waals surface area contributed by atoms with Crippen molar-refractivity contribution >= 4 is 17.3 Å². The van der Waals surface area contributed by atoms with Crippen LogP contribution in [0.3, 0.4) is 0 Å². The molecule has 0 fully saturated rings. The Balaban J connectivity index is 1.77. The van der Waals surface area contributed by atoms with Crippen molar-refractivity contribution in [1.82, 2.24) is 25.1 Å². The SMILES string of the molecule is CCc1c(C)noc1-c1cnc(NCc2cccs2)nc1-c1cnc(C)cn1. The molecule has 8 heteroatoms. The Bertz CT molecular complexity index is 1070. The third kappa shape index (κ3) is 3.63. The van der Waals surface area contributed by atoms with Gasteiger partial charge in [-0.05, 0) is 31.7 Å². The fourth-order valence-electron chi connectivity index (χ4n) is 2.94. The monoisotopic (exact) mass is 392 g/mol. The van der Waals surface area contributed by atoms with E-state index in [0.717, 1.165) is 28.9 Å². The highest BCUT2D eigenvalue weighted by Gasteiger charge is 2.20. The molecule has 28 heavy (non-hydrogen) atoms. The third-order valence-electron chi connectivity index (χ3n) is 4.40. The predicted molar refractivity (Wildman–Crippen MR) is 109 cm³/mol. The number of aromatic nitrogens is 5. The fourth-order valence-corrected chi connectivity index (χ4v) is 3.58. The van der Waals surface area contributed by atoms with Crippen LogP contribution in [-0.4, -0.2) is 25.1 Å². The molecule has 0 amide bonds. The summed E-state index contributed by atoms with van der Waals surface area (Å²) in [4.78, 5) is 19.3. The van der Waals surface area contributed by atoms with Crippen molar-refractivity contribution in [3.8, 4) is 22.7 Å². The first-order valence-corrected chi connectivity index (χ1v) is 9.91. The first-order valence-electron chi connectivity index (χ1n) is 9.03. The van der Waals surface area contributed by atoms with E-state index in [0.29, 0.717) is 29.6 Å². The maximum absolute atomic E-state index is 5.62. The molecule has 4 aromatic rings. The van der Waals surface area contributed by atoms with Gasteiger partial charge in [-0.1, -0.05) is 18.1 Å². The predicted octanol–water partition coefficient (Wildman–Crippen LogP) is 4.44. The van der Waals surface area contributed by atoms with Crippen LogP contribution in [0.1, 0.15) is 28.8 Å². The van der Waals surface area contributed by atoms with Gasteiger partial charge in [0.25, 0.3) is 0 Å². The number of rotatable bonds is 6. The maximum Gasteiger partial charge on any atom is 0.223 e. The summed E-state index contributed by atoms with van der Waals surface area (Å²) >= 11 is 1.69. The third-order valence-corrected chi connectivity index (χ3v) is 5.27. The minimum Gasteiger partial charge on any atom is -0.356 e. The molecule has 4 heterocycles. The molecule has 4 aromatic heterocycles. The van der Waals surface area contributed by atoms with Gasteiger partial charge in [0.05, 0.1) is 29.7 Å². The number of hydrogen-bond acceptors (Lipinski definition) is 8. The van der Waals surface area contributed by atoms with E-state index < -0.39 is 0 Å². The minimum absolute atomic E-state index is 0.531. The number of anilines is 1. The minimum atomic E-state index is 0.531. The average Bonchev–Trinajstić information content (AvgIpc) is 3.36. The van der Waals surface area contributed by atoms with Crippen molar-refractivity contribution in [3.63, 3.8) is 0 Å². The second-order valence-electron chi connectivity index (χ2n) is 6.36. The molecule has 142 valence electrons. The molecule has 0 bridgehead atoms.